The molecule has 4 bridgehead atoms. The van der Waals surface area contributed by atoms with Crippen LogP contribution >= 0.6 is 0 Å². The van der Waals surface area contributed by atoms with Gasteiger partial charge in [0.2, 0.25) is 0 Å². The van der Waals surface area contributed by atoms with Gasteiger partial charge in [0, 0.05) is 0 Å². The fraction of sp³-hybridized carbons (Fsp3) is 0.310. The summed E-state index contributed by atoms with van der Waals surface area (Å²) in [4.78, 5) is 0. The molecule has 10 rings (SSSR count). The molecule has 45 heavy (non-hydrogen) atoms. The van der Waals surface area contributed by atoms with Crippen LogP contribution in [0, 0.1) is 35.5 Å². The Balaban J connectivity index is 0.00000163. The molecule has 226 valence electrons. The smallest absolute Gasteiger partial charge is 1.00 e. The van der Waals surface area contributed by atoms with E-state index in [1.807, 2.05) is 0 Å². The van der Waals surface area contributed by atoms with Crippen molar-refractivity contribution in [3.8, 4) is 11.1 Å². The Kier molecular flexibility index (Phi) is 8.84. The Morgan fingerprint density at radius 2 is 1.20 bits per heavy atom. The van der Waals surface area contributed by atoms with Gasteiger partial charge in [-0.25, -0.2) is 0 Å². The molecule has 0 heterocycles. The van der Waals surface area contributed by atoms with Crippen molar-refractivity contribution in [3.63, 3.8) is 0 Å². The van der Waals surface area contributed by atoms with Crippen molar-refractivity contribution in [2.45, 2.75) is 45.4 Å². The standard InChI is InChI=1S/C16H21.C13H9.C13H10.2ClH.Zr/c1-10-2-3-13(4-10)16-14-6-11-5-12(8-14)9-15(16)7-11;1-3-7-12-10(5-1)9-11-6-2-4-8-13(11)12;1-3-7-12(8-4-1)11-13-9-5-2-6-10-13;;;/h3-4,10-12,14-16H,5-9H2,1H3;1-5,7-8H,9H2;1-10H;2*1H;/q;;;;;+2/p-2. The molecule has 1 unspecified atom stereocenters. The Morgan fingerprint density at radius 3 is 1.84 bits per heavy atom. The van der Waals surface area contributed by atoms with E-state index in [1.54, 1.807) is 20.9 Å². The molecule has 0 aliphatic heterocycles. The molecule has 6 aliphatic carbocycles. The minimum absolute atomic E-state index is 0. The van der Waals surface area contributed by atoms with Crippen molar-refractivity contribution < 1.29 is 46.1 Å². The summed E-state index contributed by atoms with van der Waals surface area (Å²) in [5.41, 5.74) is 10.6. The van der Waals surface area contributed by atoms with Gasteiger partial charge in [-0.3, -0.25) is 0 Å². The van der Waals surface area contributed by atoms with E-state index in [0.717, 1.165) is 36.0 Å². The van der Waals surface area contributed by atoms with Crippen LogP contribution in [0.25, 0.3) is 11.1 Å². The van der Waals surface area contributed by atoms with Crippen LogP contribution < -0.4 is 28.1 Å². The van der Waals surface area contributed by atoms with E-state index in [0.29, 0.717) is 5.92 Å². The number of hydrogen-bond donors (Lipinski definition) is 0. The zero-order valence-corrected chi connectivity index (χ0v) is 29.9. The number of rotatable bonds is 5. The Hall–Kier alpha value is -2.31. The van der Waals surface area contributed by atoms with Crippen LogP contribution in [-0.4, -0.2) is 3.21 Å². The van der Waals surface area contributed by atoms with Gasteiger partial charge in [-0.2, -0.15) is 0 Å². The normalized spacial score (nSPS) is 26.4. The van der Waals surface area contributed by atoms with E-state index >= 15 is 0 Å². The van der Waals surface area contributed by atoms with Crippen LogP contribution in [0.4, 0.5) is 0 Å². The third kappa shape index (κ3) is 5.36. The van der Waals surface area contributed by atoms with Crippen molar-refractivity contribution in [1.29, 1.82) is 0 Å². The maximum Gasteiger partial charge on any atom is -1.00 e. The zero-order valence-electron chi connectivity index (χ0n) is 25.9. The molecular formula is C42H40Cl2Zr. The summed E-state index contributed by atoms with van der Waals surface area (Å²) in [5, 5.41) is 0. The van der Waals surface area contributed by atoms with E-state index in [-0.39, 0.29) is 24.8 Å². The summed E-state index contributed by atoms with van der Waals surface area (Å²) in [5.74, 6) is 5.23. The number of hydrogen-bond acceptors (Lipinski definition) is 0. The molecule has 4 aromatic carbocycles. The van der Waals surface area contributed by atoms with Crippen LogP contribution in [0.15, 0.2) is 124 Å². The largest absolute Gasteiger partial charge is 1.00 e. The molecule has 4 saturated carbocycles. The number of benzene rings is 4. The molecule has 6 aliphatic rings. The minimum Gasteiger partial charge on any atom is -1.00 e. The average Bonchev–Trinajstić information content (AvgIpc) is 3.60. The van der Waals surface area contributed by atoms with E-state index in [9.17, 15) is 0 Å². The summed E-state index contributed by atoms with van der Waals surface area (Å²) in [7, 11) is 0. The first-order valence-corrected chi connectivity index (χ1v) is 20.4. The van der Waals surface area contributed by atoms with Gasteiger partial charge in [-0.05, 0) is 0 Å². The first-order chi connectivity index (χ1) is 21.2. The van der Waals surface area contributed by atoms with Crippen LogP contribution in [0.2, 0.25) is 0 Å². The third-order valence-electron chi connectivity index (χ3n) is 11.7. The molecule has 0 amide bonds. The maximum atomic E-state index is 2.81. The molecule has 3 heteroatoms. The van der Waals surface area contributed by atoms with E-state index in [4.69, 9.17) is 0 Å². The van der Waals surface area contributed by atoms with Crippen LogP contribution in [0.1, 0.15) is 61.3 Å². The second-order valence-corrected chi connectivity index (χ2v) is 20.0. The van der Waals surface area contributed by atoms with Gasteiger partial charge >= 0.3 is 266 Å². The van der Waals surface area contributed by atoms with Crippen molar-refractivity contribution in [2.75, 3.05) is 0 Å². The third-order valence-corrected chi connectivity index (χ3v) is 19.7. The average molecular weight is 707 g/mol. The summed E-state index contributed by atoms with van der Waals surface area (Å²) >= 11 is -2.70. The quantitative estimate of drug-likeness (QED) is 0.264. The predicted octanol–water partition coefficient (Wildman–Crippen LogP) is 3.31. The summed E-state index contributed by atoms with van der Waals surface area (Å²) in [6, 6.07) is 39.3. The summed E-state index contributed by atoms with van der Waals surface area (Å²) in [6.07, 6.45) is 14.1. The predicted molar refractivity (Wildman–Crippen MR) is 176 cm³/mol. The molecule has 4 aromatic rings. The Bertz CT molecular complexity index is 1750. The molecule has 0 radical (unpaired) electrons. The van der Waals surface area contributed by atoms with E-state index < -0.39 is 21.3 Å². The summed E-state index contributed by atoms with van der Waals surface area (Å²) < 4.78 is 5.13. The number of fused-ring (bicyclic) bond motifs is 3. The maximum absolute atomic E-state index is 2.81. The molecule has 0 saturated heterocycles. The van der Waals surface area contributed by atoms with Crippen molar-refractivity contribution >= 4 is 6.48 Å². The van der Waals surface area contributed by atoms with Gasteiger partial charge < -0.3 is 24.8 Å². The molecule has 0 N–H and O–H groups in total. The van der Waals surface area contributed by atoms with E-state index in [2.05, 4.69) is 122 Å². The van der Waals surface area contributed by atoms with Gasteiger partial charge in [0.05, 0.1) is 0 Å². The Labute approximate surface area is 289 Å². The second-order valence-electron chi connectivity index (χ2n) is 14.2. The molecular weight excluding hydrogens is 667 g/mol. The SMILES string of the molecule is CC1C=C(C2C3CC4CC(C3)CC2C4)C=[C]1[Zr+2](=[C](c1ccccc1)c1ccccc1)[c]1cccc2c1Cc1ccccc1-2.[Cl-].[Cl-]. The van der Waals surface area contributed by atoms with Crippen molar-refractivity contribution in [3.05, 3.63) is 146 Å². The fourth-order valence-electron chi connectivity index (χ4n) is 10.2. The van der Waals surface area contributed by atoms with Crippen LogP contribution in [-0.2, 0) is 27.7 Å². The van der Waals surface area contributed by atoms with E-state index in [1.165, 1.54) is 59.9 Å². The van der Waals surface area contributed by atoms with Crippen molar-refractivity contribution in [1.82, 2.24) is 0 Å². The monoisotopic (exact) mass is 704 g/mol. The number of halogens is 2. The van der Waals surface area contributed by atoms with Crippen LogP contribution in [0.3, 0.4) is 0 Å². The van der Waals surface area contributed by atoms with Crippen LogP contribution in [0.5, 0.6) is 0 Å². The first kappa shape index (κ1) is 31.3. The van der Waals surface area contributed by atoms with Gasteiger partial charge in [0.15, 0.2) is 0 Å². The Morgan fingerprint density at radius 1 is 0.622 bits per heavy atom. The summed E-state index contributed by atoms with van der Waals surface area (Å²) in [6.45, 7) is 2.53. The fourth-order valence-corrected chi connectivity index (χ4v) is 18.6. The second kappa shape index (κ2) is 12.7. The molecule has 1 atom stereocenters. The first-order valence-electron chi connectivity index (χ1n) is 16.7. The minimum atomic E-state index is -2.70. The topological polar surface area (TPSA) is 0 Å². The molecule has 0 spiro atoms. The van der Waals surface area contributed by atoms with Gasteiger partial charge in [-0.15, -0.1) is 0 Å². The van der Waals surface area contributed by atoms with Gasteiger partial charge in [0.1, 0.15) is 0 Å². The zero-order chi connectivity index (χ0) is 28.5. The van der Waals surface area contributed by atoms with Gasteiger partial charge in [0.25, 0.3) is 0 Å². The van der Waals surface area contributed by atoms with Gasteiger partial charge in [-0.1, -0.05) is 0 Å². The molecule has 0 aromatic heterocycles. The molecule has 0 nitrogen and oxygen atoms in total. The number of allylic oxidation sites excluding steroid dienone is 4. The van der Waals surface area contributed by atoms with Crippen molar-refractivity contribution in [2.24, 2.45) is 35.5 Å². The molecule has 4 fully saturated rings.